The molecule has 0 aromatic heterocycles. The van der Waals surface area contributed by atoms with Crippen molar-refractivity contribution in [3.8, 4) is 17.2 Å². The SMILES string of the molecule is CCOC(C)Oc1ccc(S(OS(=O)(=O)CC23CCC(CC2=O)C3(C)C)(c2ccc(OC(C)OCC)cc2)c2ccc(OC(C)OCC)cc2)cc1. The quantitative estimate of drug-likeness (QED) is 0.110. The first-order valence-electron chi connectivity index (χ1n) is 18.1. The van der Waals surface area contributed by atoms with E-state index in [4.69, 9.17) is 32.1 Å². The Morgan fingerprint density at radius 1 is 0.654 bits per heavy atom. The summed E-state index contributed by atoms with van der Waals surface area (Å²) in [5.41, 5.74) is -1.49. The van der Waals surface area contributed by atoms with Gasteiger partial charge in [0.15, 0.2) is 18.9 Å². The first kappa shape index (κ1) is 40.1. The molecule has 0 radical (unpaired) electrons. The fraction of sp³-hybridized carbons (Fsp3) is 0.525. The Bertz CT molecular complexity index is 1600. The van der Waals surface area contributed by atoms with Gasteiger partial charge >= 0.3 is 0 Å². The highest BCUT2D eigenvalue weighted by Crippen LogP contribution is 2.71. The second-order valence-electron chi connectivity index (χ2n) is 13.8. The van der Waals surface area contributed by atoms with Crippen LogP contribution in [0.15, 0.2) is 87.5 Å². The van der Waals surface area contributed by atoms with Crippen LogP contribution in [-0.4, -0.2) is 58.6 Å². The van der Waals surface area contributed by atoms with Crippen LogP contribution >= 0.6 is 10.3 Å². The monoisotopic (exact) mass is 758 g/mol. The molecule has 0 N–H and O–H groups in total. The Labute approximate surface area is 311 Å². The Morgan fingerprint density at radius 3 is 1.31 bits per heavy atom. The largest absolute Gasteiger partial charge is 0.465 e. The van der Waals surface area contributed by atoms with Crippen LogP contribution in [0.1, 0.15) is 74.7 Å². The zero-order chi connectivity index (χ0) is 37.7. The molecule has 0 aliphatic heterocycles. The van der Waals surface area contributed by atoms with Crippen molar-refractivity contribution in [1.82, 2.24) is 0 Å². The summed E-state index contributed by atoms with van der Waals surface area (Å²) in [5, 5.41) is 0. The summed E-state index contributed by atoms with van der Waals surface area (Å²) < 4.78 is 70.8. The summed E-state index contributed by atoms with van der Waals surface area (Å²) in [6.45, 7) is 16.6. The molecule has 5 atom stereocenters. The van der Waals surface area contributed by atoms with Gasteiger partial charge in [0, 0.05) is 40.9 Å². The normalized spacial score (nSPS) is 23.0. The average molecular weight is 759 g/mol. The lowest BCUT2D eigenvalue weighted by atomic mass is 9.70. The van der Waals surface area contributed by atoms with Crippen LogP contribution in [0.2, 0.25) is 0 Å². The molecule has 0 saturated heterocycles. The number of Topliss-reactive ketones (excluding diaryl/α,β-unsaturated/α-hetero) is 1. The molecular weight excluding hydrogens is 705 g/mol. The lowest BCUT2D eigenvalue weighted by molar-refractivity contribution is -0.128. The first-order valence-corrected chi connectivity index (χ1v) is 21.3. The smallest absolute Gasteiger partial charge is 0.278 e. The topological polar surface area (TPSA) is 116 Å². The summed E-state index contributed by atoms with van der Waals surface area (Å²) in [4.78, 5) is 15.4. The molecule has 5 rings (SSSR count). The number of hydrogen-bond acceptors (Lipinski definition) is 10. The fourth-order valence-corrected chi connectivity index (χ4v) is 13.7. The molecule has 286 valence electrons. The van der Waals surface area contributed by atoms with Gasteiger partial charge in [-0.05, 0) is 149 Å². The van der Waals surface area contributed by atoms with Gasteiger partial charge in [-0.2, -0.15) is 8.42 Å². The zero-order valence-electron chi connectivity index (χ0n) is 31.6. The molecule has 2 fully saturated rings. The summed E-state index contributed by atoms with van der Waals surface area (Å²) in [6, 6.07) is 21.7. The first-order chi connectivity index (χ1) is 24.7. The van der Waals surface area contributed by atoms with E-state index in [1.165, 1.54) is 0 Å². The lowest BCUT2D eigenvalue weighted by Crippen LogP contribution is -2.42. The van der Waals surface area contributed by atoms with Gasteiger partial charge in [-0.25, -0.2) is 3.63 Å². The molecule has 52 heavy (non-hydrogen) atoms. The predicted octanol–water partition coefficient (Wildman–Crippen LogP) is 8.91. The Hall–Kier alpha value is -3.13. The number of benzene rings is 3. The second kappa shape index (κ2) is 16.5. The van der Waals surface area contributed by atoms with Crippen LogP contribution in [0.4, 0.5) is 0 Å². The van der Waals surface area contributed by atoms with E-state index in [1.54, 1.807) is 36.4 Å². The minimum Gasteiger partial charge on any atom is -0.465 e. The summed E-state index contributed by atoms with van der Waals surface area (Å²) in [5.74, 6) is 1.41. The van der Waals surface area contributed by atoms with Crippen molar-refractivity contribution in [3.05, 3.63) is 72.8 Å². The Kier molecular flexibility index (Phi) is 12.7. The van der Waals surface area contributed by atoms with Crippen molar-refractivity contribution in [2.24, 2.45) is 16.7 Å². The molecule has 0 spiro atoms. The van der Waals surface area contributed by atoms with Gasteiger partial charge in [0.2, 0.25) is 0 Å². The number of fused-ring (bicyclic) bond motifs is 2. The van der Waals surface area contributed by atoms with Crippen LogP contribution < -0.4 is 14.2 Å². The van der Waals surface area contributed by atoms with Gasteiger partial charge in [-0.15, -0.1) is 0 Å². The lowest BCUT2D eigenvalue weighted by Gasteiger charge is -2.41. The minimum atomic E-state index is -4.36. The van der Waals surface area contributed by atoms with Crippen molar-refractivity contribution in [3.63, 3.8) is 0 Å². The van der Waals surface area contributed by atoms with E-state index >= 15 is 0 Å². The predicted molar refractivity (Wildman–Crippen MR) is 200 cm³/mol. The maximum atomic E-state index is 14.7. The highest BCUT2D eigenvalue weighted by molar-refractivity contribution is 8.33. The van der Waals surface area contributed by atoms with E-state index in [2.05, 4.69) is 0 Å². The third kappa shape index (κ3) is 8.32. The standard InChI is InChI=1S/C40H54O10S2/c1-9-44-28(4)47-32-12-18-35(19-13-32)52(36-20-14-33(15-21-36)48-29(5)45-10-2,37-22-16-34(17-23-37)49-30(6)46-11-3)50-51(42,43)27-40-25-24-31(26-38(40)41)39(40,7)8/h12-23,28-31H,9-11,24-27H2,1-8H3. The number of hydrogen-bond donors (Lipinski definition) is 0. The van der Waals surface area contributed by atoms with E-state index in [1.807, 2.05) is 91.8 Å². The van der Waals surface area contributed by atoms with E-state index < -0.39 is 55.9 Å². The third-order valence-corrected chi connectivity index (χ3v) is 15.6. The maximum Gasteiger partial charge on any atom is 0.278 e. The van der Waals surface area contributed by atoms with Crippen molar-refractivity contribution in [2.45, 2.75) is 108 Å². The maximum absolute atomic E-state index is 14.7. The van der Waals surface area contributed by atoms with Crippen molar-refractivity contribution in [1.29, 1.82) is 0 Å². The minimum absolute atomic E-state index is 0.00119. The summed E-state index contributed by atoms with van der Waals surface area (Å²) in [7, 11) is -7.40. The molecular formula is C40H54O10S2. The number of ether oxygens (including phenoxy) is 6. The highest BCUT2D eigenvalue weighted by atomic mass is 32.3. The molecule has 2 aliphatic carbocycles. The van der Waals surface area contributed by atoms with Crippen LogP contribution in [0.25, 0.3) is 0 Å². The number of carbonyl (C=O) groups excluding carboxylic acids is 1. The van der Waals surface area contributed by atoms with E-state index in [0.717, 1.165) is 6.42 Å². The molecule has 2 saturated carbocycles. The summed E-state index contributed by atoms with van der Waals surface area (Å²) in [6.07, 6.45) is 0.286. The van der Waals surface area contributed by atoms with Crippen LogP contribution in [0.3, 0.4) is 0 Å². The van der Waals surface area contributed by atoms with Crippen molar-refractivity contribution < 1.29 is 45.3 Å². The molecule has 2 aliphatic rings. The number of carbonyl (C=O) groups is 1. The van der Waals surface area contributed by atoms with Gasteiger partial charge in [0.1, 0.15) is 23.0 Å². The molecule has 5 unspecified atom stereocenters. The van der Waals surface area contributed by atoms with Gasteiger partial charge in [-0.3, -0.25) is 4.79 Å². The van der Waals surface area contributed by atoms with Crippen LogP contribution in [0, 0.1) is 16.7 Å². The Morgan fingerprint density at radius 2 is 1.02 bits per heavy atom. The van der Waals surface area contributed by atoms with Crippen LogP contribution in [-0.2, 0) is 32.8 Å². The average Bonchev–Trinajstić information content (AvgIpc) is 3.43. The number of rotatable bonds is 19. The van der Waals surface area contributed by atoms with Crippen molar-refractivity contribution in [2.75, 3.05) is 25.6 Å². The van der Waals surface area contributed by atoms with E-state index in [9.17, 15) is 13.2 Å². The Balaban J connectivity index is 1.65. The van der Waals surface area contributed by atoms with Gasteiger partial charge in [-0.1, -0.05) is 13.8 Å². The van der Waals surface area contributed by atoms with E-state index in [-0.39, 0.29) is 11.7 Å². The zero-order valence-corrected chi connectivity index (χ0v) is 33.2. The highest BCUT2D eigenvalue weighted by Gasteiger charge is 2.65. The molecule has 0 amide bonds. The molecule has 2 bridgehead atoms. The molecule has 3 aromatic rings. The molecule has 0 heterocycles. The van der Waals surface area contributed by atoms with E-state index in [0.29, 0.717) is 64.6 Å². The molecule has 3 aromatic carbocycles. The van der Waals surface area contributed by atoms with Gasteiger partial charge in [0.25, 0.3) is 10.1 Å². The van der Waals surface area contributed by atoms with Gasteiger partial charge in [0.05, 0.1) is 11.2 Å². The third-order valence-electron chi connectivity index (χ3n) is 10.3. The second-order valence-corrected chi connectivity index (χ2v) is 18.3. The van der Waals surface area contributed by atoms with Crippen LogP contribution in [0.5, 0.6) is 17.2 Å². The van der Waals surface area contributed by atoms with Gasteiger partial charge < -0.3 is 28.4 Å². The summed E-state index contributed by atoms with van der Waals surface area (Å²) >= 11 is 0. The number of ketones is 1. The molecule has 12 heteroatoms. The fourth-order valence-electron chi connectivity index (χ4n) is 7.63. The molecule has 10 nitrogen and oxygen atoms in total. The van der Waals surface area contributed by atoms with Crippen molar-refractivity contribution >= 4 is 26.2 Å².